The van der Waals surface area contributed by atoms with Crippen molar-refractivity contribution in [2.45, 2.75) is 58.0 Å². The maximum atomic E-state index is 11.3. The Morgan fingerprint density at radius 3 is 2.25 bits per heavy atom. The lowest BCUT2D eigenvalue weighted by molar-refractivity contribution is 0.343. The standard InChI is InChI=1S/C11H25NO2SSi/c1-10(2)15(13)12-8-9-14-16(6,7)11(3,4)5/h8,10H,9H2,1-7H3/b12-8+/t15-/m1/s1. The molecule has 0 unspecified atom stereocenters. The maximum Gasteiger partial charge on any atom is 0.192 e. The summed E-state index contributed by atoms with van der Waals surface area (Å²) in [4.78, 5) is 0. The van der Waals surface area contributed by atoms with Crippen molar-refractivity contribution in [1.29, 1.82) is 0 Å². The summed E-state index contributed by atoms with van der Waals surface area (Å²) in [7, 11) is -1.69. The smallest absolute Gasteiger partial charge is 0.192 e. The van der Waals surface area contributed by atoms with Crippen LogP contribution in [0.1, 0.15) is 34.6 Å². The first-order chi connectivity index (χ1) is 7.08. The van der Waals surface area contributed by atoms with Gasteiger partial charge in [-0.15, -0.1) is 0 Å². The zero-order valence-electron chi connectivity index (χ0n) is 11.5. The highest BCUT2D eigenvalue weighted by Crippen LogP contribution is 2.36. The molecule has 0 bridgehead atoms. The molecule has 0 fully saturated rings. The van der Waals surface area contributed by atoms with Crippen molar-refractivity contribution in [3.8, 4) is 0 Å². The van der Waals surface area contributed by atoms with E-state index in [4.69, 9.17) is 4.43 Å². The van der Waals surface area contributed by atoms with E-state index >= 15 is 0 Å². The third-order valence-electron chi connectivity index (χ3n) is 2.91. The van der Waals surface area contributed by atoms with Crippen LogP contribution in [0.4, 0.5) is 0 Å². The fourth-order valence-electron chi connectivity index (χ4n) is 0.688. The summed E-state index contributed by atoms with van der Waals surface area (Å²) in [5, 5.41) is 0.280. The average Bonchev–Trinajstić information content (AvgIpc) is 2.09. The lowest BCUT2D eigenvalue weighted by atomic mass is 10.2. The fraction of sp³-hybridized carbons (Fsp3) is 0.909. The first-order valence-corrected chi connectivity index (χ1v) is 9.73. The van der Waals surface area contributed by atoms with Gasteiger partial charge < -0.3 is 8.98 Å². The summed E-state index contributed by atoms with van der Waals surface area (Å²) < 4.78 is 21.2. The maximum absolute atomic E-state index is 11.3. The highest BCUT2D eigenvalue weighted by molar-refractivity contribution is 7.90. The van der Waals surface area contributed by atoms with Gasteiger partial charge >= 0.3 is 0 Å². The van der Waals surface area contributed by atoms with E-state index in [0.29, 0.717) is 6.61 Å². The lowest BCUT2D eigenvalue weighted by Gasteiger charge is -2.35. The molecule has 0 aromatic carbocycles. The molecular formula is C11H25NO2SSi. The van der Waals surface area contributed by atoms with Gasteiger partial charge in [0.15, 0.2) is 8.32 Å². The first-order valence-electron chi connectivity index (χ1n) is 5.65. The molecule has 96 valence electrons. The molecule has 0 amide bonds. The molecule has 1 atom stereocenters. The zero-order chi connectivity index (χ0) is 13.0. The van der Waals surface area contributed by atoms with Crippen LogP contribution in [0.2, 0.25) is 18.1 Å². The molecule has 0 spiro atoms. The molecule has 0 aliphatic heterocycles. The molecule has 0 saturated carbocycles. The van der Waals surface area contributed by atoms with Crippen LogP contribution in [-0.4, -0.2) is 30.9 Å². The van der Waals surface area contributed by atoms with Crippen LogP contribution >= 0.6 is 0 Å². The first kappa shape index (κ1) is 16.2. The van der Waals surface area contributed by atoms with Gasteiger partial charge in [0.05, 0.1) is 24.2 Å². The summed E-state index contributed by atoms with van der Waals surface area (Å²) >= 11 is -1.12. The molecule has 0 aromatic rings. The van der Waals surface area contributed by atoms with Gasteiger partial charge in [0, 0.05) is 0 Å². The van der Waals surface area contributed by atoms with Gasteiger partial charge in [-0.05, 0) is 32.0 Å². The molecule has 0 aliphatic rings. The van der Waals surface area contributed by atoms with Crippen LogP contribution < -0.4 is 0 Å². The van der Waals surface area contributed by atoms with Gasteiger partial charge in [-0.1, -0.05) is 25.2 Å². The monoisotopic (exact) mass is 263 g/mol. The molecule has 3 nitrogen and oxygen atoms in total. The molecule has 0 heterocycles. The van der Waals surface area contributed by atoms with Crippen LogP contribution in [0.3, 0.4) is 0 Å². The molecule has 0 rings (SSSR count). The Hall–Kier alpha value is 0.157. The van der Waals surface area contributed by atoms with Crippen molar-refractivity contribution in [3.05, 3.63) is 0 Å². The second-order valence-corrected chi connectivity index (χ2v) is 12.2. The minimum absolute atomic E-state index is 0.0733. The van der Waals surface area contributed by atoms with Crippen LogP contribution in [0, 0.1) is 0 Å². The van der Waals surface area contributed by atoms with Crippen LogP contribution in [0.15, 0.2) is 4.40 Å². The zero-order valence-corrected chi connectivity index (χ0v) is 13.4. The predicted molar refractivity (Wildman–Crippen MR) is 74.9 cm³/mol. The summed E-state index contributed by atoms with van der Waals surface area (Å²) in [5.74, 6) is 0. The molecule has 5 heteroatoms. The van der Waals surface area contributed by atoms with E-state index in [1.165, 1.54) is 0 Å². The van der Waals surface area contributed by atoms with Crippen molar-refractivity contribution < 1.29 is 8.98 Å². The highest BCUT2D eigenvalue weighted by atomic mass is 32.2. The Bertz CT molecular complexity index is 237. The number of nitrogens with zero attached hydrogens (tertiary/aromatic N) is 1. The van der Waals surface area contributed by atoms with Gasteiger partial charge in [0.25, 0.3) is 0 Å². The van der Waals surface area contributed by atoms with Gasteiger partial charge in [0.2, 0.25) is 0 Å². The summed E-state index contributed by atoms with van der Waals surface area (Å²) in [5.41, 5.74) is 0. The van der Waals surface area contributed by atoms with Gasteiger partial charge in [-0.2, -0.15) is 0 Å². The molecule has 0 radical (unpaired) electrons. The van der Waals surface area contributed by atoms with Crippen LogP contribution in [-0.2, 0) is 15.8 Å². The number of hydrogen-bond acceptors (Lipinski definition) is 3. The van der Waals surface area contributed by atoms with Crippen molar-refractivity contribution in [2.24, 2.45) is 4.40 Å². The quantitative estimate of drug-likeness (QED) is 0.434. The summed E-state index contributed by atoms with van der Waals surface area (Å²) in [6, 6.07) is 0. The minimum Gasteiger partial charge on any atom is -0.591 e. The molecule has 0 saturated heterocycles. The Morgan fingerprint density at radius 1 is 1.38 bits per heavy atom. The van der Waals surface area contributed by atoms with E-state index in [9.17, 15) is 4.55 Å². The molecule has 0 aliphatic carbocycles. The highest BCUT2D eigenvalue weighted by Gasteiger charge is 2.36. The van der Waals surface area contributed by atoms with E-state index in [1.807, 2.05) is 13.8 Å². The van der Waals surface area contributed by atoms with Crippen molar-refractivity contribution in [3.63, 3.8) is 0 Å². The number of hydrogen-bond donors (Lipinski definition) is 0. The van der Waals surface area contributed by atoms with Gasteiger partial charge in [-0.3, -0.25) is 0 Å². The van der Waals surface area contributed by atoms with Crippen LogP contribution in [0.25, 0.3) is 0 Å². The van der Waals surface area contributed by atoms with Crippen LogP contribution in [0.5, 0.6) is 0 Å². The predicted octanol–water partition coefficient (Wildman–Crippen LogP) is 3.15. The Balaban J connectivity index is 4.09. The van der Waals surface area contributed by atoms with E-state index < -0.39 is 19.7 Å². The summed E-state index contributed by atoms with van der Waals surface area (Å²) in [6.07, 6.45) is 1.64. The van der Waals surface area contributed by atoms with Crippen molar-refractivity contribution >= 4 is 25.9 Å². The third kappa shape index (κ3) is 5.47. The Labute approximate surface area is 104 Å². The topological polar surface area (TPSA) is 44.7 Å². The molecule has 0 N–H and O–H groups in total. The molecule has 0 aromatic heterocycles. The fourth-order valence-corrected chi connectivity index (χ4v) is 2.06. The SMILES string of the molecule is CC(C)[S@@+]([O-])/N=C/CO[Si](C)(C)C(C)(C)C. The second kappa shape index (κ2) is 6.19. The number of rotatable bonds is 5. The Morgan fingerprint density at radius 2 is 1.88 bits per heavy atom. The largest absolute Gasteiger partial charge is 0.591 e. The average molecular weight is 263 g/mol. The summed E-state index contributed by atoms with van der Waals surface area (Å²) in [6.45, 7) is 15.2. The minimum atomic E-state index is -1.69. The van der Waals surface area contributed by atoms with E-state index in [-0.39, 0.29) is 10.3 Å². The Kier molecular flexibility index (Phi) is 6.25. The second-order valence-electron chi connectivity index (χ2n) is 5.68. The molecule has 16 heavy (non-hydrogen) atoms. The van der Waals surface area contributed by atoms with Crippen molar-refractivity contribution in [1.82, 2.24) is 0 Å². The lowest BCUT2D eigenvalue weighted by Crippen LogP contribution is -2.41. The van der Waals surface area contributed by atoms with Crippen molar-refractivity contribution in [2.75, 3.05) is 6.61 Å². The van der Waals surface area contributed by atoms with E-state index in [0.717, 1.165) is 0 Å². The van der Waals surface area contributed by atoms with E-state index in [2.05, 4.69) is 38.3 Å². The van der Waals surface area contributed by atoms with Gasteiger partial charge in [-0.25, -0.2) is 0 Å². The third-order valence-corrected chi connectivity index (χ3v) is 8.57. The van der Waals surface area contributed by atoms with Gasteiger partial charge in [0.1, 0.15) is 5.25 Å². The normalized spacial score (nSPS) is 16.1. The van der Waals surface area contributed by atoms with E-state index in [1.54, 1.807) is 6.21 Å². The molecular weight excluding hydrogens is 238 g/mol.